The van der Waals surface area contributed by atoms with Gasteiger partial charge < -0.3 is 16.0 Å². The maximum atomic E-state index is 14.4. The zero-order valence-corrected chi connectivity index (χ0v) is 13.2. The molecule has 0 saturated heterocycles. The Labute approximate surface area is 139 Å². The second-order valence-corrected chi connectivity index (χ2v) is 5.79. The SMILES string of the molecule is Fc1ccc2cc1-c1cnn3ccc(nc13)NCCNCCCN2. The molecule has 3 heterocycles. The van der Waals surface area contributed by atoms with Crippen LogP contribution in [0.2, 0.25) is 0 Å². The number of hydrogen-bond acceptors (Lipinski definition) is 5. The van der Waals surface area contributed by atoms with Crippen molar-refractivity contribution in [3.63, 3.8) is 0 Å². The maximum Gasteiger partial charge on any atom is 0.165 e. The van der Waals surface area contributed by atoms with Crippen molar-refractivity contribution in [1.82, 2.24) is 19.9 Å². The number of anilines is 2. The van der Waals surface area contributed by atoms with Gasteiger partial charge in [-0.1, -0.05) is 0 Å². The fourth-order valence-corrected chi connectivity index (χ4v) is 2.85. The lowest BCUT2D eigenvalue weighted by molar-refractivity contribution is 0.631. The highest BCUT2D eigenvalue weighted by molar-refractivity contribution is 5.80. The van der Waals surface area contributed by atoms with E-state index in [1.54, 1.807) is 16.8 Å². The van der Waals surface area contributed by atoms with Crippen LogP contribution >= 0.6 is 0 Å². The molecule has 1 aliphatic rings. The van der Waals surface area contributed by atoms with Gasteiger partial charge >= 0.3 is 0 Å². The summed E-state index contributed by atoms with van der Waals surface area (Å²) in [6, 6.07) is 6.94. The van der Waals surface area contributed by atoms with E-state index in [9.17, 15) is 4.39 Å². The lowest BCUT2D eigenvalue weighted by Crippen LogP contribution is -2.24. The minimum absolute atomic E-state index is 0.276. The van der Waals surface area contributed by atoms with Crippen LogP contribution in [0.3, 0.4) is 0 Å². The monoisotopic (exact) mass is 326 g/mol. The van der Waals surface area contributed by atoms with Gasteiger partial charge in [-0.3, -0.25) is 0 Å². The molecule has 0 aliphatic carbocycles. The molecular formula is C17H19FN6. The molecule has 1 aliphatic heterocycles. The second kappa shape index (κ2) is 6.45. The van der Waals surface area contributed by atoms with E-state index in [1.165, 1.54) is 6.07 Å². The summed E-state index contributed by atoms with van der Waals surface area (Å²) in [7, 11) is 0. The van der Waals surface area contributed by atoms with Crippen molar-refractivity contribution in [2.24, 2.45) is 0 Å². The number of nitrogens with zero attached hydrogens (tertiary/aromatic N) is 3. The van der Waals surface area contributed by atoms with Crippen LogP contribution in [0, 0.1) is 5.82 Å². The van der Waals surface area contributed by atoms with Gasteiger partial charge in [0.1, 0.15) is 11.6 Å². The molecule has 0 fully saturated rings. The summed E-state index contributed by atoms with van der Waals surface area (Å²) in [5.41, 5.74) is 2.73. The highest BCUT2D eigenvalue weighted by Gasteiger charge is 2.14. The van der Waals surface area contributed by atoms with E-state index < -0.39 is 0 Å². The average Bonchev–Trinajstić information content (AvgIpc) is 3.01. The number of nitrogens with one attached hydrogen (secondary N) is 3. The molecule has 6 nitrogen and oxygen atoms in total. The smallest absolute Gasteiger partial charge is 0.165 e. The van der Waals surface area contributed by atoms with Crippen LogP contribution < -0.4 is 16.0 Å². The molecule has 2 aromatic heterocycles. The van der Waals surface area contributed by atoms with Crippen molar-refractivity contribution in [2.45, 2.75) is 6.42 Å². The van der Waals surface area contributed by atoms with E-state index in [2.05, 4.69) is 26.0 Å². The topological polar surface area (TPSA) is 66.3 Å². The van der Waals surface area contributed by atoms with Gasteiger partial charge in [-0.15, -0.1) is 0 Å². The van der Waals surface area contributed by atoms with Gasteiger partial charge in [0, 0.05) is 42.6 Å². The molecule has 124 valence electrons. The Morgan fingerprint density at radius 2 is 1.96 bits per heavy atom. The molecule has 3 N–H and O–H groups in total. The molecule has 4 bridgehead atoms. The van der Waals surface area contributed by atoms with Crippen LogP contribution in [0.15, 0.2) is 36.7 Å². The Morgan fingerprint density at radius 3 is 2.92 bits per heavy atom. The minimum atomic E-state index is -0.276. The highest BCUT2D eigenvalue weighted by atomic mass is 19.1. The van der Waals surface area contributed by atoms with Gasteiger partial charge in [0.25, 0.3) is 0 Å². The molecule has 1 aromatic carbocycles. The summed E-state index contributed by atoms with van der Waals surface area (Å²) >= 11 is 0. The summed E-state index contributed by atoms with van der Waals surface area (Å²) < 4.78 is 16.1. The van der Waals surface area contributed by atoms with E-state index in [-0.39, 0.29) is 5.82 Å². The fraction of sp³-hybridized carbons (Fsp3) is 0.294. The van der Waals surface area contributed by atoms with E-state index >= 15 is 0 Å². The van der Waals surface area contributed by atoms with Gasteiger partial charge in [-0.2, -0.15) is 5.10 Å². The number of aromatic nitrogens is 3. The summed E-state index contributed by atoms with van der Waals surface area (Å²) in [6.07, 6.45) is 4.49. The predicted octanol–water partition coefficient (Wildman–Crippen LogP) is 2.35. The lowest BCUT2D eigenvalue weighted by Gasteiger charge is -2.09. The number of hydrogen-bond donors (Lipinski definition) is 3. The van der Waals surface area contributed by atoms with Crippen LogP contribution in [-0.4, -0.2) is 40.8 Å². The normalized spacial score (nSPS) is 15.4. The van der Waals surface area contributed by atoms with E-state index in [0.717, 1.165) is 44.1 Å². The van der Waals surface area contributed by atoms with Crippen molar-refractivity contribution in [3.05, 3.63) is 42.5 Å². The Morgan fingerprint density at radius 1 is 1.00 bits per heavy atom. The molecule has 24 heavy (non-hydrogen) atoms. The molecule has 0 saturated carbocycles. The lowest BCUT2D eigenvalue weighted by atomic mass is 10.1. The Balaban J connectivity index is 1.82. The summed E-state index contributed by atoms with van der Waals surface area (Å²) in [4.78, 5) is 4.60. The molecule has 0 radical (unpaired) electrons. The van der Waals surface area contributed by atoms with E-state index in [1.807, 2.05) is 18.3 Å². The molecule has 0 spiro atoms. The van der Waals surface area contributed by atoms with Gasteiger partial charge in [-0.05, 0) is 37.2 Å². The Hall–Kier alpha value is -2.67. The molecule has 4 rings (SSSR count). The van der Waals surface area contributed by atoms with Crippen molar-refractivity contribution in [2.75, 3.05) is 36.8 Å². The first-order chi connectivity index (χ1) is 11.8. The minimum Gasteiger partial charge on any atom is -0.385 e. The number of halogens is 1. The standard InChI is InChI=1S/C17H19FN6/c18-15-3-2-12-10-13(15)14-11-22-24-9-4-16(23-17(14)24)21-8-7-19-5-1-6-20-12/h2-4,9-11,19-20H,1,5-8H2,(H,21,23). The van der Waals surface area contributed by atoms with E-state index in [0.29, 0.717) is 16.8 Å². The number of fused-ring (bicyclic) bond motifs is 4. The van der Waals surface area contributed by atoms with Crippen LogP contribution in [0.5, 0.6) is 0 Å². The first kappa shape index (κ1) is 14.9. The second-order valence-electron chi connectivity index (χ2n) is 5.79. The van der Waals surface area contributed by atoms with Gasteiger partial charge in [-0.25, -0.2) is 13.9 Å². The van der Waals surface area contributed by atoms with Gasteiger partial charge in [0.05, 0.1) is 6.20 Å². The van der Waals surface area contributed by atoms with Gasteiger partial charge in [0.2, 0.25) is 0 Å². The zero-order chi connectivity index (χ0) is 16.4. The predicted molar refractivity (Wildman–Crippen MR) is 92.8 cm³/mol. The first-order valence-electron chi connectivity index (χ1n) is 8.14. The van der Waals surface area contributed by atoms with Crippen molar-refractivity contribution >= 4 is 17.2 Å². The molecule has 7 heteroatoms. The van der Waals surface area contributed by atoms with Crippen molar-refractivity contribution in [3.8, 4) is 11.1 Å². The molecule has 3 aromatic rings. The molecular weight excluding hydrogens is 307 g/mol. The van der Waals surface area contributed by atoms with Crippen molar-refractivity contribution in [1.29, 1.82) is 0 Å². The third-order valence-electron chi connectivity index (χ3n) is 4.09. The van der Waals surface area contributed by atoms with Gasteiger partial charge in [0.15, 0.2) is 5.65 Å². The first-order valence-corrected chi connectivity index (χ1v) is 8.14. The Bertz CT molecular complexity index is 859. The largest absolute Gasteiger partial charge is 0.385 e. The van der Waals surface area contributed by atoms with Crippen LogP contribution in [0.4, 0.5) is 15.9 Å². The average molecular weight is 326 g/mol. The quantitative estimate of drug-likeness (QED) is 0.592. The third-order valence-corrected chi connectivity index (χ3v) is 4.09. The van der Waals surface area contributed by atoms with Crippen LogP contribution in [0.25, 0.3) is 16.8 Å². The third kappa shape index (κ3) is 2.90. The highest BCUT2D eigenvalue weighted by Crippen LogP contribution is 2.29. The molecule has 0 unspecified atom stereocenters. The van der Waals surface area contributed by atoms with E-state index in [4.69, 9.17) is 0 Å². The molecule has 0 amide bonds. The zero-order valence-electron chi connectivity index (χ0n) is 13.2. The summed E-state index contributed by atoms with van der Waals surface area (Å²) in [6.45, 7) is 3.41. The Kier molecular flexibility index (Phi) is 4.00. The van der Waals surface area contributed by atoms with Crippen LogP contribution in [-0.2, 0) is 0 Å². The van der Waals surface area contributed by atoms with Crippen molar-refractivity contribution < 1.29 is 4.39 Å². The summed E-state index contributed by atoms with van der Waals surface area (Å²) in [5, 5.41) is 14.3. The number of rotatable bonds is 0. The summed E-state index contributed by atoms with van der Waals surface area (Å²) in [5.74, 6) is 0.484. The maximum absolute atomic E-state index is 14.4. The van der Waals surface area contributed by atoms with Crippen LogP contribution in [0.1, 0.15) is 6.42 Å². The number of benzene rings is 1. The molecule has 0 atom stereocenters. The fourth-order valence-electron chi connectivity index (χ4n) is 2.85.